The van der Waals surface area contributed by atoms with Gasteiger partial charge in [-0.1, -0.05) is 13.8 Å². The zero-order chi connectivity index (χ0) is 9.14. The molecule has 0 saturated carbocycles. The first-order chi connectivity index (χ1) is 5.63. The van der Waals surface area contributed by atoms with Gasteiger partial charge in [0.15, 0.2) is 0 Å². The van der Waals surface area contributed by atoms with Gasteiger partial charge in [0.05, 0.1) is 0 Å². The van der Waals surface area contributed by atoms with Crippen LogP contribution in [0.4, 0.5) is 5.95 Å². The van der Waals surface area contributed by atoms with E-state index in [2.05, 4.69) is 23.8 Å². The Labute approximate surface area is 76.8 Å². The molecular weight excluding hydrogens is 170 g/mol. The zero-order valence-corrected chi connectivity index (χ0v) is 8.35. The molecule has 0 aliphatic heterocycles. The molecule has 0 amide bonds. The molecule has 1 heterocycles. The summed E-state index contributed by atoms with van der Waals surface area (Å²) in [5.41, 5.74) is 6.54. The molecule has 0 fully saturated rings. The lowest BCUT2D eigenvalue weighted by molar-refractivity contribution is 0.805. The summed E-state index contributed by atoms with van der Waals surface area (Å²) in [5.74, 6) is 0.770. The Morgan fingerprint density at radius 3 is 2.58 bits per heavy atom. The van der Waals surface area contributed by atoms with Gasteiger partial charge in [-0.15, -0.1) is 11.8 Å². The number of nitrogens with two attached hydrogens (primary N) is 1. The number of hydrogen-bond donors (Lipinski definition) is 1. The van der Waals surface area contributed by atoms with Crippen LogP contribution in [0.1, 0.15) is 25.5 Å². The third-order valence-electron chi connectivity index (χ3n) is 1.54. The van der Waals surface area contributed by atoms with Gasteiger partial charge in [0, 0.05) is 5.69 Å². The number of anilines is 1. The molecule has 3 nitrogen and oxygen atoms in total. The van der Waals surface area contributed by atoms with Crippen molar-refractivity contribution >= 4 is 17.7 Å². The van der Waals surface area contributed by atoms with Crippen molar-refractivity contribution < 1.29 is 0 Å². The molecular formula is C8H13N3S. The summed E-state index contributed by atoms with van der Waals surface area (Å²) in [7, 11) is 0. The average Bonchev–Trinajstić information content (AvgIpc) is 2.03. The maximum Gasteiger partial charge on any atom is 0.221 e. The first-order valence-electron chi connectivity index (χ1n) is 3.82. The van der Waals surface area contributed by atoms with E-state index in [1.54, 1.807) is 11.8 Å². The van der Waals surface area contributed by atoms with Crippen LogP contribution in [0.2, 0.25) is 0 Å². The maximum absolute atomic E-state index is 5.54. The van der Waals surface area contributed by atoms with Crippen molar-refractivity contribution in [3.63, 3.8) is 0 Å². The molecule has 4 heteroatoms. The molecule has 0 aliphatic rings. The van der Waals surface area contributed by atoms with Crippen LogP contribution in [0.5, 0.6) is 0 Å². The van der Waals surface area contributed by atoms with Crippen LogP contribution in [0, 0.1) is 0 Å². The van der Waals surface area contributed by atoms with Crippen LogP contribution in [0.3, 0.4) is 0 Å². The number of hydrogen-bond acceptors (Lipinski definition) is 4. The molecule has 0 atom stereocenters. The Balaban J connectivity index is 3.06. The van der Waals surface area contributed by atoms with Gasteiger partial charge in [-0.05, 0) is 18.2 Å². The third kappa shape index (κ3) is 2.11. The van der Waals surface area contributed by atoms with E-state index in [1.165, 1.54) is 0 Å². The Morgan fingerprint density at radius 1 is 1.42 bits per heavy atom. The Bertz CT molecular complexity index is 273. The topological polar surface area (TPSA) is 51.8 Å². The first kappa shape index (κ1) is 9.32. The minimum absolute atomic E-state index is 0.366. The van der Waals surface area contributed by atoms with Gasteiger partial charge in [-0.2, -0.15) is 0 Å². The highest BCUT2D eigenvalue weighted by Gasteiger charge is 2.04. The molecule has 0 radical (unpaired) electrons. The van der Waals surface area contributed by atoms with Crippen LogP contribution in [-0.2, 0) is 0 Å². The highest BCUT2D eigenvalue weighted by molar-refractivity contribution is 7.98. The van der Waals surface area contributed by atoms with E-state index in [9.17, 15) is 0 Å². The van der Waals surface area contributed by atoms with Crippen molar-refractivity contribution in [1.29, 1.82) is 0 Å². The molecule has 1 aromatic heterocycles. The normalized spacial score (nSPS) is 10.7. The standard InChI is InChI=1S/C8H13N3S/c1-5(2)6-4-7(12-3)11-8(9)10-6/h4-5H,1-3H3,(H2,9,10,11). The molecule has 0 unspecified atom stereocenters. The van der Waals surface area contributed by atoms with E-state index in [-0.39, 0.29) is 0 Å². The van der Waals surface area contributed by atoms with Crippen molar-refractivity contribution in [2.24, 2.45) is 0 Å². The second-order valence-electron chi connectivity index (χ2n) is 2.85. The van der Waals surface area contributed by atoms with Crippen molar-refractivity contribution in [3.05, 3.63) is 11.8 Å². The van der Waals surface area contributed by atoms with Crippen LogP contribution in [-0.4, -0.2) is 16.2 Å². The van der Waals surface area contributed by atoms with E-state index in [4.69, 9.17) is 5.73 Å². The molecule has 0 aromatic carbocycles. The van der Waals surface area contributed by atoms with Crippen molar-refractivity contribution in [1.82, 2.24) is 9.97 Å². The highest BCUT2D eigenvalue weighted by Crippen LogP contribution is 2.18. The molecule has 12 heavy (non-hydrogen) atoms. The van der Waals surface area contributed by atoms with Gasteiger partial charge in [0.2, 0.25) is 5.95 Å². The molecule has 0 bridgehead atoms. The average molecular weight is 183 g/mol. The Morgan fingerprint density at radius 2 is 2.08 bits per heavy atom. The summed E-state index contributed by atoms with van der Waals surface area (Å²) in [6.45, 7) is 4.18. The SMILES string of the molecule is CSc1cc(C(C)C)nc(N)n1. The van der Waals surface area contributed by atoms with Crippen LogP contribution in [0.25, 0.3) is 0 Å². The van der Waals surface area contributed by atoms with E-state index < -0.39 is 0 Å². The lowest BCUT2D eigenvalue weighted by Crippen LogP contribution is -2.01. The molecule has 66 valence electrons. The molecule has 1 aromatic rings. The van der Waals surface area contributed by atoms with Crippen molar-refractivity contribution in [2.75, 3.05) is 12.0 Å². The van der Waals surface area contributed by atoms with E-state index in [0.717, 1.165) is 10.7 Å². The predicted octanol–water partition coefficient (Wildman–Crippen LogP) is 1.90. The van der Waals surface area contributed by atoms with Crippen LogP contribution >= 0.6 is 11.8 Å². The summed E-state index contributed by atoms with van der Waals surface area (Å²) >= 11 is 1.58. The van der Waals surface area contributed by atoms with Crippen LogP contribution < -0.4 is 5.73 Å². The number of aromatic nitrogens is 2. The smallest absolute Gasteiger partial charge is 0.221 e. The number of nitrogens with zero attached hydrogens (tertiary/aromatic N) is 2. The maximum atomic E-state index is 5.54. The fraction of sp³-hybridized carbons (Fsp3) is 0.500. The quantitative estimate of drug-likeness (QED) is 0.562. The van der Waals surface area contributed by atoms with Crippen LogP contribution in [0.15, 0.2) is 11.1 Å². The van der Waals surface area contributed by atoms with E-state index in [0.29, 0.717) is 11.9 Å². The largest absolute Gasteiger partial charge is 0.368 e. The van der Waals surface area contributed by atoms with Gasteiger partial charge in [-0.3, -0.25) is 0 Å². The van der Waals surface area contributed by atoms with E-state index in [1.807, 2.05) is 12.3 Å². The van der Waals surface area contributed by atoms with Gasteiger partial charge in [0.1, 0.15) is 5.03 Å². The molecule has 1 rings (SSSR count). The second kappa shape index (κ2) is 3.76. The Kier molecular flexibility index (Phi) is 2.92. The molecule has 0 saturated heterocycles. The summed E-state index contributed by atoms with van der Waals surface area (Å²) in [6.07, 6.45) is 1.98. The third-order valence-corrected chi connectivity index (χ3v) is 2.17. The number of thioether (sulfide) groups is 1. The van der Waals surface area contributed by atoms with Gasteiger partial charge < -0.3 is 5.73 Å². The lowest BCUT2D eigenvalue weighted by Gasteiger charge is -2.05. The highest BCUT2D eigenvalue weighted by atomic mass is 32.2. The van der Waals surface area contributed by atoms with Gasteiger partial charge in [-0.25, -0.2) is 9.97 Å². The summed E-state index contributed by atoms with van der Waals surface area (Å²) < 4.78 is 0. The number of nitrogen functional groups attached to an aromatic ring is 1. The zero-order valence-electron chi connectivity index (χ0n) is 7.53. The minimum Gasteiger partial charge on any atom is -0.368 e. The Hall–Kier alpha value is -0.770. The van der Waals surface area contributed by atoms with Gasteiger partial charge >= 0.3 is 0 Å². The number of rotatable bonds is 2. The van der Waals surface area contributed by atoms with Crippen molar-refractivity contribution in [3.8, 4) is 0 Å². The molecule has 0 spiro atoms. The summed E-state index contributed by atoms with van der Waals surface area (Å²) in [4.78, 5) is 8.20. The molecule has 0 aliphatic carbocycles. The fourth-order valence-electron chi connectivity index (χ4n) is 0.862. The first-order valence-corrected chi connectivity index (χ1v) is 5.04. The lowest BCUT2D eigenvalue weighted by atomic mass is 10.1. The predicted molar refractivity (Wildman–Crippen MR) is 52.3 cm³/mol. The monoisotopic (exact) mass is 183 g/mol. The second-order valence-corrected chi connectivity index (χ2v) is 3.67. The van der Waals surface area contributed by atoms with Gasteiger partial charge in [0.25, 0.3) is 0 Å². The fourth-order valence-corrected chi connectivity index (χ4v) is 1.28. The summed E-state index contributed by atoms with van der Waals surface area (Å²) in [6, 6.07) is 1.98. The molecule has 2 N–H and O–H groups in total. The van der Waals surface area contributed by atoms with E-state index >= 15 is 0 Å². The van der Waals surface area contributed by atoms with Crippen molar-refractivity contribution in [2.45, 2.75) is 24.8 Å². The minimum atomic E-state index is 0.366. The summed E-state index contributed by atoms with van der Waals surface area (Å²) in [5, 5.41) is 0.936.